The standard InChI is InChI=1S/C16H14Cl2O2/c17-13-4-1-3-11(9-13)16(18)12-5-6-14-15(10-12)20-8-2-7-19-14/h1,3-6,9-10,16H,2,7-8H2. The van der Waals surface area contributed by atoms with Gasteiger partial charge in [0.05, 0.1) is 18.6 Å². The molecule has 0 saturated carbocycles. The van der Waals surface area contributed by atoms with Gasteiger partial charge in [-0.15, -0.1) is 11.6 Å². The first kappa shape index (κ1) is 13.6. The van der Waals surface area contributed by atoms with Gasteiger partial charge in [0, 0.05) is 11.4 Å². The van der Waals surface area contributed by atoms with E-state index < -0.39 is 0 Å². The highest BCUT2D eigenvalue weighted by Gasteiger charge is 2.16. The number of ether oxygens (including phenoxy) is 2. The third-order valence-electron chi connectivity index (χ3n) is 3.21. The Morgan fingerprint density at radius 3 is 2.45 bits per heavy atom. The third-order valence-corrected chi connectivity index (χ3v) is 3.94. The highest BCUT2D eigenvalue weighted by Crippen LogP contribution is 2.37. The largest absolute Gasteiger partial charge is 0.490 e. The van der Waals surface area contributed by atoms with Crippen molar-refractivity contribution in [1.82, 2.24) is 0 Å². The number of benzene rings is 2. The van der Waals surface area contributed by atoms with Gasteiger partial charge < -0.3 is 9.47 Å². The molecule has 20 heavy (non-hydrogen) atoms. The second kappa shape index (κ2) is 5.94. The highest BCUT2D eigenvalue weighted by molar-refractivity contribution is 6.30. The SMILES string of the molecule is Clc1cccc(C(Cl)c2ccc3c(c2)OCCCO3)c1. The summed E-state index contributed by atoms with van der Waals surface area (Å²) in [6.07, 6.45) is 0.891. The first-order valence-corrected chi connectivity index (χ1v) is 7.34. The van der Waals surface area contributed by atoms with E-state index in [1.54, 1.807) is 0 Å². The summed E-state index contributed by atoms with van der Waals surface area (Å²) in [5.74, 6) is 1.54. The minimum Gasteiger partial charge on any atom is -0.490 e. The maximum Gasteiger partial charge on any atom is 0.161 e. The van der Waals surface area contributed by atoms with Crippen molar-refractivity contribution >= 4 is 23.2 Å². The second-order valence-electron chi connectivity index (χ2n) is 4.67. The monoisotopic (exact) mass is 308 g/mol. The first-order valence-electron chi connectivity index (χ1n) is 6.53. The van der Waals surface area contributed by atoms with E-state index in [9.17, 15) is 0 Å². The van der Waals surface area contributed by atoms with Crippen molar-refractivity contribution in [2.75, 3.05) is 13.2 Å². The van der Waals surface area contributed by atoms with Crippen molar-refractivity contribution in [2.45, 2.75) is 11.8 Å². The van der Waals surface area contributed by atoms with Crippen LogP contribution in [0.3, 0.4) is 0 Å². The maximum atomic E-state index is 6.53. The van der Waals surface area contributed by atoms with E-state index >= 15 is 0 Å². The fourth-order valence-electron chi connectivity index (χ4n) is 2.19. The van der Waals surface area contributed by atoms with Crippen LogP contribution >= 0.6 is 23.2 Å². The molecule has 104 valence electrons. The second-order valence-corrected chi connectivity index (χ2v) is 5.55. The molecule has 1 atom stereocenters. The summed E-state index contributed by atoms with van der Waals surface area (Å²) in [6.45, 7) is 1.35. The Kier molecular flexibility index (Phi) is 4.04. The molecular formula is C16H14Cl2O2. The molecule has 0 radical (unpaired) electrons. The maximum absolute atomic E-state index is 6.53. The molecule has 1 aliphatic rings. The van der Waals surface area contributed by atoms with Crippen LogP contribution < -0.4 is 9.47 Å². The third kappa shape index (κ3) is 2.87. The molecule has 4 heteroatoms. The van der Waals surface area contributed by atoms with Crippen LogP contribution in [-0.4, -0.2) is 13.2 Å². The van der Waals surface area contributed by atoms with Crippen molar-refractivity contribution in [3.63, 3.8) is 0 Å². The van der Waals surface area contributed by atoms with Crippen LogP contribution in [0.15, 0.2) is 42.5 Å². The lowest BCUT2D eigenvalue weighted by atomic mass is 10.0. The Hall–Kier alpha value is -1.38. The van der Waals surface area contributed by atoms with Crippen LogP contribution in [0.5, 0.6) is 11.5 Å². The molecule has 0 bridgehead atoms. The normalized spacial score (nSPS) is 15.5. The lowest BCUT2D eigenvalue weighted by Gasteiger charge is -2.14. The molecule has 0 N–H and O–H groups in total. The zero-order valence-corrected chi connectivity index (χ0v) is 12.3. The molecule has 1 heterocycles. The quantitative estimate of drug-likeness (QED) is 0.740. The number of fused-ring (bicyclic) bond motifs is 1. The molecule has 0 amide bonds. The molecule has 2 aromatic rings. The minimum absolute atomic E-state index is 0.258. The Labute approximate surface area is 128 Å². The Balaban J connectivity index is 1.92. The van der Waals surface area contributed by atoms with Gasteiger partial charge in [-0.05, 0) is 35.4 Å². The van der Waals surface area contributed by atoms with Crippen LogP contribution in [0.1, 0.15) is 22.9 Å². The van der Waals surface area contributed by atoms with Gasteiger partial charge in [0.25, 0.3) is 0 Å². The predicted octanol–water partition coefficient (Wildman–Crippen LogP) is 4.83. The fourth-order valence-corrected chi connectivity index (χ4v) is 2.66. The smallest absolute Gasteiger partial charge is 0.161 e. The van der Waals surface area contributed by atoms with Crippen molar-refractivity contribution in [3.05, 3.63) is 58.6 Å². The van der Waals surface area contributed by atoms with Gasteiger partial charge in [0.1, 0.15) is 0 Å². The van der Waals surface area contributed by atoms with Crippen LogP contribution in [0.25, 0.3) is 0 Å². The van der Waals surface area contributed by atoms with Gasteiger partial charge in [-0.25, -0.2) is 0 Å². The summed E-state index contributed by atoms with van der Waals surface area (Å²) in [4.78, 5) is 0. The molecule has 0 spiro atoms. The van der Waals surface area contributed by atoms with Gasteiger partial charge >= 0.3 is 0 Å². The number of hydrogen-bond acceptors (Lipinski definition) is 2. The lowest BCUT2D eigenvalue weighted by molar-refractivity contribution is 0.297. The molecule has 2 nitrogen and oxygen atoms in total. The van der Waals surface area contributed by atoms with Gasteiger partial charge in [-0.2, -0.15) is 0 Å². The van der Waals surface area contributed by atoms with Gasteiger partial charge in [-0.1, -0.05) is 29.8 Å². The van der Waals surface area contributed by atoms with Crippen molar-refractivity contribution in [2.24, 2.45) is 0 Å². The number of hydrogen-bond donors (Lipinski definition) is 0. The van der Waals surface area contributed by atoms with Crippen LogP contribution in [-0.2, 0) is 0 Å². The van der Waals surface area contributed by atoms with E-state index in [1.807, 2.05) is 42.5 Å². The molecule has 0 fully saturated rings. The average Bonchev–Trinajstić information content (AvgIpc) is 2.71. The average molecular weight is 309 g/mol. The Bertz CT molecular complexity index is 613. The van der Waals surface area contributed by atoms with Crippen LogP contribution in [0.2, 0.25) is 5.02 Å². The topological polar surface area (TPSA) is 18.5 Å². The summed E-state index contributed by atoms with van der Waals surface area (Å²) < 4.78 is 11.3. The van der Waals surface area contributed by atoms with Gasteiger partial charge in [0.2, 0.25) is 0 Å². The zero-order valence-electron chi connectivity index (χ0n) is 10.8. The first-order chi connectivity index (χ1) is 9.74. The Morgan fingerprint density at radius 2 is 1.65 bits per heavy atom. The molecule has 0 saturated heterocycles. The van der Waals surface area contributed by atoms with E-state index in [1.165, 1.54) is 0 Å². The van der Waals surface area contributed by atoms with Crippen LogP contribution in [0, 0.1) is 0 Å². The summed E-state index contributed by atoms with van der Waals surface area (Å²) in [7, 11) is 0. The molecular weight excluding hydrogens is 295 g/mol. The minimum atomic E-state index is -0.258. The predicted molar refractivity (Wildman–Crippen MR) is 81.2 cm³/mol. The molecule has 3 rings (SSSR count). The summed E-state index contributed by atoms with van der Waals surface area (Å²) in [5, 5.41) is 0.424. The fraction of sp³-hybridized carbons (Fsp3) is 0.250. The lowest BCUT2D eigenvalue weighted by Crippen LogP contribution is -1.97. The molecule has 1 unspecified atom stereocenters. The van der Waals surface area contributed by atoms with Crippen LogP contribution in [0.4, 0.5) is 0 Å². The number of rotatable bonds is 2. The zero-order chi connectivity index (χ0) is 13.9. The van der Waals surface area contributed by atoms with E-state index in [0.717, 1.165) is 29.0 Å². The highest BCUT2D eigenvalue weighted by atomic mass is 35.5. The summed E-state index contributed by atoms with van der Waals surface area (Å²) >= 11 is 12.5. The van der Waals surface area contributed by atoms with E-state index in [4.69, 9.17) is 32.7 Å². The van der Waals surface area contributed by atoms with Gasteiger partial charge in [-0.3, -0.25) is 0 Å². The molecule has 2 aromatic carbocycles. The molecule has 0 aliphatic carbocycles. The van der Waals surface area contributed by atoms with Gasteiger partial charge in [0.15, 0.2) is 11.5 Å². The molecule has 1 aliphatic heterocycles. The van der Waals surface area contributed by atoms with E-state index in [0.29, 0.717) is 18.2 Å². The van der Waals surface area contributed by atoms with E-state index in [-0.39, 0.29) is 5.38 Å². The summed E-state index contributed by atoms with van der Waals surface area (Å²) in [5.41, 5.74) is 1.94. The van der Waals surface area contributed by atoms with E-state index in [2.05, 4.69) is 0 Å². The van der Waals surface area contributed by atoms with Crippen molar-refractivity contribution < 1.29 is 9.47 Å². The molecule has 0 aromatic heterocycles. The number of halogens is 2. The number of alkyl halides is 1. The van der Waals surface area contributed by atoms with Crippen molar-refractivity contribution in [1.29, 1.82) is 0 Å². The summed E-state index contributed by atoms with van der Waals surface area (Å²) in [6, 6.07) is 13.4. The van der Waals surface area contributed by atoms with Crippen molar-refractivity contribution in [3.8, 4) is 11.5 Å². The Morgan fingerprint density at radius 1 is 0.900 bits per heavy atom.